The molecule has 2 aromatic carbocycles. The summed E-state index contributed by atoms with van der Waals surface area (Å²) in [5.41, 5.74) is 2.52. The van der Waals surface area contributed by atoms with Crippen LogP contribution >= 0.6 is 11.8 Å². The number of para-hydroxylation sites is 2. The zero-order valence-corrected chi connectivity index (χ0v) is 15.4. The predicted octanol–water partition coefficient (Wildman–Crippen LogP) is 4.08. The first-order chi connectivity index (χ1) is 13.3. The summed E-state index contributed by atoms with van der Waals surface area (Å²) in [6, 6.07) is 21.4. The lowest BCUT2D eigenvalue weighted by Gasteiger charge is -2.08. The Morgan fingerprint density at radius 3 is 2.67 bits per heavy atom. The lowest BCUT2D eigenvalue weighted by atomic mass is 10.2. The first-order valence-electron chi connectivity index (χ1n) is 8.69. The van der Waals surface area contributed by atoms with E-state index in [4.69, 9.17) is 0 Å². The Morgan fingerprint density at radius 1 is 1.00 bits per heavy atom. The van der Waals surface area contributed by atoms with E-state index < -0.39 is 0 Å². The Hall–Kier alpha value is -3.12. The maximum absolute atomic E-state index is 12.6. The van der Waals surface area contributed by atoms with Crippen LogP contribution in [0.3, 0.4) is 0 Å². The third-order valence-electron chi connectivity index (χ3n) is 4.06. The van der Waals surface area contributed by atoms with Gasteiger partial charge in [0, 0.05) is 24.1 Å². The molecule has 0 bridgehead atoms. The standard InChI is InChI=1S/C21H18N4OS/c26-20(22-14-12-19-24-17-10-4-5-11-18(17)25-19)16-9-6-13-23-21(16)27-15-7-2-1-3-8-15/h1-11,13H,12,14H2,(H,22,26)(H,24,25). The van der Waals surface area contributed by atoms with Gasteiger partial charge in [-0.3, -0.25) is 4.79 Å². The number of aromatic nitrogens is 3. The van der Waals surface area contributed by atoms with Gasteiger partial charge >= 0.3 is 0 Å². The van der Waals surface area contributed by atoms with E-state index in [0.29, 0.717) is 23.6 Å². The molecule has 2 N–H and O–H groups in total. The molecule has 134 valence electrons. The first-order valence-corrected chi connectivity index (χ1v) is 9.51. The average molecular weight is 374 g/mol. The smallest absolute Gasteiger partial charge is 0.254 e. The Labute approximate surface area is 161 Å². The topological polar surface area (TPSA) is 70.7 Å². The van der Waals surface area contributed by atoms with Crippen LogP contribution in [0.25, 0.3) is 11.0 Å². The molecular weight excluding hydrogens is 356 g/mol. The molecule has 6 heteroatoms. The van der Waals surface area contributed by atoms with Crippen LogP contribution in [0.5, 0.6) is 0 Å². The fourth-order valence-corrected chi connectivity index (χ4v) is 3.66. The van der Waals surface area contributed by atoms with Crippen LogP contribution in [0.1, 0.15) is 16.2 Å². The average Bonchev–Trinajstić information content (AvgIpc) is 3.12. The second kappa shape index (κ2) is 8.05. The molecule has 5 nitrogen and oxygen atoms in total. The van der Waals surface area contributed by atoms with Gasteiger partial charge in [-0.15, -0.1) is 0 Å². The molecule has 0 radical (unpaired) electrons. The Morgan fingerprint density at radius 2 is 1.81 bits per heavy atom. The number of aromatic amines is 1. The van der Waals surface area contributed by atoms with Crippen molar-refractivity contribution in [2.75, 3.05) is 6.54 Å². The van der Waals surface area contributed by atoms with E-state index >= 15 is 0 Å². The molecule has 1 amide bonds. The van der Waals surface area contributed by atoms with Crippen molar-refractivity contribution >= 4 is 28.7 Å². The minimum absolute atomic E-state index is 0.127. The highest BCUT2D eigenvalue weighted by Gasteiger charge is 2.13. The minimum atomic E-state index is -0.127. The number of imidazole rings is 1. The first kappa shape index (κ1) is 17.3. The van der Waals surface area contributed by atoms with Crippen LogP contribution < -0.4 is 5.32 Å². The van der Waals surface area contributed by atoms with E-state index in [1.54, 1.807) is 18.3 Å². The van der Waals surface area contributed by atoms with Crippen molar-refractivity contribution < 1.29 is 4.79 Å². The van der Waals surface area contributed by atoms with E-state index in [9.17, 15) is 4.79 Å². The van der Waals surface area contributed by atoms with Gasteiger partial charge in [-0.25, -0.2) is 9.97 Å². The largest absolute Gasteiger partial charge is 0.352 e. The lowest BCUT2D eigenvalue weighted by molar-refractivity contribution is 0.0950. The molecular formula is C21H18N4OS. The van der Waals surface area contributed by atoms with Crippen molar-refractivity contribution in [1.82, 2.24) is 20.3 Å². The molecule has 0 fully saturated rings. The van der Waals surface area contributed by atoms with E-state index in [0.717, 1.165) is 21.8 Å². The molecule has 0 unspecified atom stereocenters. The van der Waals surface area contributed by atoms with Crippen LogP contribution in [0, 0.1) is 0 Å². The molecule has 0 saturated heterocycles. The van der Waals surface area contributed by atoms with Crippen molar-refractivity contribution in [1.29, 1.82) is 0 Å². The van der Waals surface area contributed by atoms with Crippen LogP contribution in [-0.2, 0) is 6.42 Å². The summed E-state index contributed by atoms with van der Waals surface area (Å²) < 4.78 is 0. The summed E-state index contributed by atoms with van der Waals surface area (Å²) in [7, 11) is 0. The summed E-state index contributed by atoms with van der Waals surface area (Å²) in [6.45, 7) is 0.503. The SMILES string of the molecule is O=C(NCCc1nc2ccccc2[nH]1)c1cccnc1Sc1ccccc1. The molecule has 4 aromatic rings. The maximum Gasteiger partial charge on any atom is 0.254 e. The maximum atomic E-state index is 12.6. The minimum Gasteiger partial charge on any atom is -0.352 e. The molecule has 0 aliphatic rings. The van der Waals surface area contributed by atoms with Gasteiger partial charge in [0.25, 0.3) is 5.91 Å². The number of benzene rings is 2. The number of carbonyl (C=O) groups excluding carboxylic acids is 1. The summed E-state index contributed by atoms with van der Waals surface area (Å²) in [5, 5.41) is 3.66. The molecule has 0 saturated carbocycles. The molecule has 27 heavy (non-hydrogen) atoms. The highest BCUT2D eigenvalue weighted by atomic mass is 32.2. The summed E-state index contributed by atoms with van der Waals surface area (Å²) in [4.78, 5) is 25.9. The van der Waals surface area contributed by atoms with Crippen molar-refractivity contribution in [2.24, 2.45) is 0 Å². The summed E-state index contributed by atoms with van der Waals surface area (Å²) >= 11 is 1.48. The van der Waals surface area contributed by atoms with Gasteiger partial charge in [0.2, 0.25) is 0 Å². The highest BCUT2D eigenvalue weighted by molar-refractivity contribution is 7.99. The normalized spacial score (nSPS) is 10.8. The van der Waals surface area contributed by atoms with E-state index in [2.05, 4.69) is 20.3 Å². The number of fused-ring (bicyclic) bond motifs is 1. The second-order valence-corrected chi connectivity index (χ2v) is 7.04. The Bertz CT molecular complexity index is 1030. The third kappa shape index (κ3) is 4.17. The number of H-pyrrole nitrogens is 1. The number of carbonyl (C=O) groups is 1. The molecule has 0 spiro atoms. The second-order valence-electron chi connectivity index (χ2n) is 5.98. The highest BCUT2D eigenvalue weighted by Crippen LogP contribution is 2.28. The van der Waals surface area contributed by atoms with Crippen molar-refractivity contribution in [3.8, 4) is 0 Å². The number of nitrogens with one attached hydrogen (secondary N) is 2. The fraction of sp³-hybridized carbons (Fsp3) is 0.0952. The fourth-order valence-electron chi connectivity index (χ4n) is 2.76. The Balaban J connectivity index is 1.41. The van der Waals surface area contributed by atoms with Gasteiger partial charge in [-0.2, -0.15) is 0 Å². The van der Waals surface area contributed by atoms with Gasteiger partial charge in [0.15, 0.2) is 0 Å². The van der Waals surface area contributed by atoms with Gasteiger partial charge in [0.05, 0.1) is 16.6 Å². The summed E-state index contributed by atoms with van der Waals surface area (Å²) in [5.74, 6) is 0.735. The predicted molar refractivity (Wildman–Crippen MR) is 107 cm³/mol. The van der Waals surface area contributed by atoms with Gasteiger partial charge in [0.1, 0.15) is 10.9 Å². The number of pyridine rings is 1. The zero-order chi connectivity index (χ0) is 18.5. The van der Waals surface area contributed by atoms with Gasteiger partial charge in [-0.1, -0.05) is 42.1 Å². The van der Waals surface area contributed by atoms with Crippen molar-refractivity contribution in [2.45, 2.75) is 16.3 Å². The van der Waals surface area contributed by atoms with Crippen LogP contribution in [0.4, 0.5) is 0 Å². The molecule has 0 atom stereocenters. The van der Waals surface area contributed by atoms with E-state index in [1.165, 1.54) is 11.8 Å². The number of amides is 1. The van der Waals surface area contributed by atoms with Crippen molar-refractivity contribution in [3.05, 3.63) is 84.3 Å². The van der Waals surface area contributed by atoms with E-state index in [-0.39, 0.29) is 5.91 Å². The number of hydrogen-bond acceptors (Lipinski definition) is 4. The molecule has 4 rings (SSSR count). The number of hydrogen-bond donors (Lipinski definition) is 2. The van der Waals surface area contributed by atoms with Crippen LogP contribution in [0.15, 0.2) is 82.8 Å². The number of nitrogens with zero attached hydrogens (tertiary/aromatic N) is 2. The zero-order valence-electron chi connectivity index (χ0n) is 14.6. The third-order valence-corrected chi connectivity index (χ3v) is 5.09. The summed E-state index contributed by atoms with van der Waals surface area (Å²) in [6.07, 6.45) is 2.35. The van der Waals surface area contributed by atoms with Gasteiger partial charge < -0.3 is 10.3 Å². The Kier molecular flexibility index (Phi) is 5.16. The lowest BCUT2D eigenvalue weighted by Crippen LogP contribution is -2.26. The molecule has 0 aliphatic heterocycles. The monoisotopic (exact) mass is 374 g/mol. The van der Waals surface area contributed by atoms with Crippen molar-refractivity contribution in [3.63, 3.8) is 0 Å². The van der Waals surface area contributed by atoms with Gasteiger partial charge in [-0.05, 0) is 36.4 Å². The molecule has 2 aromatic heterocycles. The molecule has 0 aliphatic carbocycles. The number of rotatable bonds is 6. The quantitative estimate of drug-likeness (QED) is 0.533. The van der Waals surface area contributed by atoms with Crippen LogP contribution in [-0.4, -0.2) is 27.4 Å². The molecule has 2 heterocycles. The van der Waals surface area contributed by atoms with Crippen LogP contribution in [0.2, 0.25) is 0 Å². The van der Waals surface area contributed by atoms with E-state index in [1.807, 2.05) is 54.6 Å².